The van der Waals surface area contributed by atoms with Crippen LogP contribution in [0, 0.1) is 0 Å². The van der Waals surface area contributed by atoms with Gasteiger partial charge in [-0.05, 0) is 11.8 Å². The van der Waals surface area contributed by atoms with Crippen LogP contribution in [0.1, 0.15) is 0 Å². The van der Waals surface area contributed by atoms with Crippen molar-refractivity contribution < 1.29 is 13.8 Å². The van der Waals surface area contributed by atoms with Gasteiger partial charge in [-0.1, -0.05) is 11.4 Å². The van der Waals surface area contributed by atoms with E-state index in [-0.39, 0.29) is 30.5 Å². The normalized spacial score (nSPS) is 10.4. The zero-order chi connectivity index (χ0) is 9.61. The van der Waals surface area contributed by atoms with E-state index < -0.39 is 5.69 Å². The molecule has 0 unspecified atom stereocenters. The molecule has 8 heteroatoms. The van der Waals surface area contributed by atoms with E-state index in [2.05, 4.69) is 5.32 Å². The van der Waals surface area contributed by atoms with E-state index in [0.717, 1.165) is 0 Å². The summed E-state index contributed by atoms with van der Waals surface area (Å²) in [6.45, 7) is 0. The number of hydrogen-bond acceptors (Lipinski definition) is 5. The van der Waals surface area contributed by atoms with Crippen molar-refractivity contribution >= 4 is 53.6 Å². The molecule has 0 saturated carbocycles. The van der Waals surface area contributed by atoms with Crippen molar-refractivity contribution in [1.29, 1.82) is 0 Å². The quantitative estimate of drug-likeness (QED) is 0.551. The molecule has 0 aliphatic heterocycles. The molecule has 0 aliphatic carbocycles. The van der Waals surface area contributed by atoms with Crippen molar-refractivity contribution in [3.63, 3.8) is 0 Å². The van der Waals surface area contributed by atoms with Gasteiger partial charge in [0.2, 0.25) is 11.6 Å². The second kappa shape index (κ2) is 8.31. The SMILES string of the molecule is CNC(=O)CSP(=S)(OC)OC.[LiH]. The summed E-state index contributed by atoms with van der Waals surface area (Å²) in [5, 5.41) is 2.49. The Morgan fingerprint density at radius 3 is 2.31 bits per heavy atom. The molecule has 0 aromatic carbocycles. The number of carbonyl (C=O) groups excluding carboxylic acids is 1. The Morgan fingerprint density at radius 2 is 2.00 bits per heavy atom. The number of hydrogen-bond donors (Lipinski definition) is 1. The Hall–Kier alpha value is 0.987. The molecule has 0 saturated heterocycles. The van der Waals surface area contributed by atoms with Crippen molar-refractivity contribution in [1.82, 2.24) is 5.32 Å². The zero-order valence-corrected chi connectivity index (χ0v) is 9.72. The first kappa shape index (κ1) is 16.4. The first-order valence-corrected chi connectivity index (χ1v) is 7.37. The number of rotatable bonds is 5. The second-order valence-corrected chi connectivity index (χ2v) is 8.28. The molecule has 0 fully saturated rings. The van der Waals surface area contributed by atoms with Gasteiger partial charge in [0.05, 0.1) is 5.75 Å². The fourth-order valence-electron chi connectivity index (χ4n) is 0.390. The Kier molecular flexibility index (Phi) is 10.5. The van der Waals surface area contributed by atoms with Crippen LogP contribution < -0.4 is 5.32 Å². The van der Waals surface area contributed by atoms with Crippen molar-refractivity contribution in [3.05, 3.63) is 0 Å². The fourth-order valence-corrected chi connectivity index (χ4v) is 3.10. The zero-order valence-electron chi connectivity index (χ0n) is 7.20. The minimum absolute atomic E-state index is 0. The summed E-state index contributed by atoms with van der Waals surface area (Å²) >= 11 is 6.25. The van der Waals surface area contributed by atoms with Gasteiger partial charge < -0.3 is 14.4 Å². The molecule has 13 heavy (non-hydrogen) atoms. The predicted octanol–water partition coefficient (Wildman–Crippen LogP) is 0.334. The average molecular weight is 237 g/mol. The molecule has 0 aromatic heterocycles. The second-order valence-electron chi connectivity index (χ2n) is 1.76. The number of amides is 1. The maximum absolute atomic E-state index is 10.8. The third kappa shape index (κ3) is 6.98. The summed E-state index contributed by atoms with van der Waals surface area (Å²) in [7, 11) is 4.55. The molecule has 0 radical (unpaired) electrons. The molecular weight excluding hydrogens is 224 g/mol. The molecule has 74 valence electrons. The summed E-state index contributed by atoms with van der Waals surface area (Å²) in [5.74, 6) is 0.193. The number of nitrogens with one attached hydrogen (secondary N) is 1. The summed E-state index contributed by atoms with van der Waals surface area (Å²) in [5.41, 5.74) is -2.26. The van der Waals surface area contributed by atoms with Gasteiger partial charge >= 0.3 is 18.9 Å². The molecule has 0 aromatic rings. The van der Waals surface area contributed by atoms with Gasteiger partial charge in [-0.3, -0.25) is 4.79 Å². The van der Waals surface area contributed by atoms with Crippen LogP contribution in [-0.2, 0) is 25.6 Å². The Labute approximate surface area is 99.6 Å². The van der Waals surface area contributed by atoms with Crippen LogP contribution in [0.3, 0.4) is 0 Å². The Morgan fingerprint density at radius 1 is 1.54 bits per heavy atom. The van der Waals surface area contributed by atoms with Gasteiger partial charge in [0.1, 0.15) is 0 Å². The molecule has 1 amide bonds. The summed E-state index contributed by atoms with van der Waals surface area (Å²) in [6.07, 6.45) is 0. The number of carbonyl (C=O) groups is 1. The molecule has 0 heterocycles. The summed E-state index contributed by atoms with van der Waals surface area (Å²) in [4.78, 5) is 10.8. The van der Waals surface area contributed by atoms with Gasteiger partial charge in [-0.2, -0.15) is 0 Å². The molecule has 1 N–H and O–H groups in total. The van der Waals surface area contributed by atoms with Crippen LogP contribution >= 0.6 is 17.1 Å². The van der Waals surface area contributed by atoms with Crippen molar-refractivity contribution in [2.45, 2.75) is 0 Å². The van der Waals surface area contributed by atoms with Gasteiger partial charge in [-0.25, -0.2) is 0 Å². The fraction of sp³-hybridized carbons (Fsp3) is 0.800. The first-order valence-electron chi connectivity index (χ1n) is 3.14. The third-order valence-corrected chi connectivity index (χ3v) is 6.76. The van der Waals surface area contributed by atoms with Crippen LogP contribution in [0.15, 0.2) is 0 Å². The minimum atomic E-state index is -2.26. The van der Waals surface area contributed by atoms with E-state index in [1.165, 1.54) is 25.6 Å². The molecule has 4 nitrogen and oxygen atoms in total. The van der Waals surface area contributed by atoms with E-state index in [9.17, 15) is 4.79 Å². The first-order chi connectivity index (χ1) is 5.58. The van der Waals surface area contributed by atoms with Crippen LogP contribution in [0.5, 0.6) is 0 Å². The molecule has 0 bridgehead atoms. The van der Waals surface area contributed by atoms with E-state index in [4.69, 9.17) is 20.9 Å². The van der Waals surface area contributed by atoms with E-state index in [1.54, 1.807) is 7.05 Å². The van der Waals surface area contributed by atoms with Crippen molar-refractivity contribution in [3.8, 4) is 0 Å². The predicted molar refractivity (Wildman–Crippen MR) is 62.0 cm³/mol. The van der Waals surface area contributed by atoms with Gasteiger partial charge in [0, 0.05) is 21.3 Å². The molecule has 0 atom stereocenters. The summed E-state index contributed by atoms with van der Waals surface area (Å²) < 4.78 is 9.94. The van der Waals surface area contributed by atoms with Crippen LogP contribution in [0.25, 0.3) is 0 Å². The summed E-state index contributed by atoms with van der Waals surface area (Å²) in [6, 6.07) is 0. The molecule has 0 aliphatic rings. The standard InChI is InChI=1S/C5H12NO3PS2.Li.H/c1-6-5(7)4-12-10(11,8-2)9-3;;/h4H2,1-3H3,(H,6,7);;. The van der Waals surface area contributed by atoms with E-state index in [1.807, 2.05) is 0 Å². The van der Waals surface area contributed by atoms with E-state index in [0.29, 0.717) is 0 Å². The van der Waals surface area contributed by atoms with Gasteiger partial charge in [0.15, 0.2) is 0 Å². The molecule has 0 spiro atoms. The van der Waals surface area contributed by atoms with E-state index >= 15 is 0 Å². The van der Waals surface area contributed by atoms with Crippen LogP contribution in [0.2, 0.25) is 0 Å². The van der Waals surface area contributed by atoms with Crippen LogP contribution in [-0.4, -0.2) is 51.8 Å². The topological polar surface area (TPSA) is 47.6 Å². The Balaban J connectivity index is 0. The van der Waals surface area contributed by atoms with Crippen molar-refractivity contribution in [2.75, 3.05) is 27.0 Å². The average Bonchev–Trinajstić information content (AvgIpc) is 2.13. The van der Waals surface area contributed by atoms with Gasteiger partial charge in [-0.15, -0.1) is 0 Å². The molecule has 0 rings (SSSR count). The third-order valence-electron chi connectivity index (χ3n) is 1.08. The van der Waals surface area contributed by atoms with Gasteiger partial charge in [0.25, 0.3) is 0 Å². The maximum atomic E-state index is 10.8. The Bertz CT molecular complexity index is 196. The van der Waals surface area contributed by atoms with Crippen LogP contribution in [0.4, 0.5) is 0 Å². The molecular formula is C5H13LiNO3PS2. The van der Waals surface area contributed by atoms with Crippen molar-refractivity contribution in [2.24, 2.45) is 0 Å². The monoisotopic (exact) mass is 237 g/mol.